The number of hydrogen-bond donors (Lipinski definition) is 2. The maximum absolute atomic E-state index is 13.2. The summed E-state index contributed by atoms with van der Waals surface area (Å²) in [6.45, 7) is 2.45. The Morgan fingerprint density at radius 2 is 1.74 bits per heavy atom. The lowest BCUT2D eigenvalue weighted by Crippen LogP contribution is -2.55. The van der Waals surface area contributed by atoms with Crippen molar-refractivity contribution in [3.63, 3.8) is 0 Å². The Balaban J connectivity index is 1.24. The molecule has 0 spiro atoms. The number of ether oxygens (including phenoxy) is 2. The maximum Gasteiger partial charge on any atom is 0.407 e. The van der Waals surface area contributed by atoms with E-state index in [0.717, 1.165) is 22.3 Å². The standard InChI is InChI=1S/C26H28N2O6/c1-26(24(30)31)11-6-12-28(26)23(29)21-13-33-15-22(21)27-25(32)34-14-20-18-9-4-2-7-16(18)17-8-3-5-10-19(17)20/h2-5,7-10,20-22H,6,11-15H2,1H3,(H,27,32)(H,30,31)/t21?,22?,26-/m0/s1. The summed E-state index contributed by atoms with van der Waals surface area (Å²) >= 11 is 0. The van der Waals surface area contributed by atoms with Gasteiger partial charge < -0.3 is 24.8 Å². The van der Waals surface area contributed by atoms with Crippen molar-refractivity contribution in [1.29, 1.82) is 0 Å². The summed E-state index contributed by atoms with van der Waals surface area (Å²) in [5, 5.41) is 12.4. The quantitative estimate of drug-likeness (QED) is 0.705. The van der Waals surface area contributed by atoms with Crippen molar-refractivity contribution >= 4 is 18.0 Å². The molecule has 2 fully saturated rings. The number of fused-ring (bicyclic) bond motifs is 3. The van der Waals surface area contributed by atoms with Crippen LogP contribution in [0, 0.1) is 5.92 Å². The van der Waals surface area contributed by atoms with Crippen LogP contribution in [0.15, 0.2) is 48.5 Å². The van der Waals surface area contributed by atoms with Crippen LogP contribution in [0.4, 0.5) is 4.79 Å². The van der Waals surface area contributed by atoms with Crippen LogP contribution in [0.2, 0.25) is 0 Å². The Morgan fingerprint density at radius 1 is 1.09 bits per heavy atom. The largest absolute Gasteiger partial charge is 0.480 e. The topological polar surface area (TPSA) is 105 Å². The van der Waals surface area contributed by atoms with Gasteiger partial charge >= 0.3 is 12.1 Å². The first-order valence-corrected chi connectivity index (χ1v) is 11.6. The van der Waals surface area contributed by atoms with E-state index < -0.39 is 29.6 Å². The van der Waals surface area contributed by atoms with E-state index in [2.05, 4.69) is 29.6 Å². The molecule has 2 saturated heterocycles. The number of carboxylic acids is 1. The van der Waals surface area contributed by atoms with E-state index in [9.17, 15) is 19.5 Å². The van der Waals surface area contributed by atoms with Crippen molar-refractivity contribution in [2.24, 2.45) is 5.92 Å². The molecule has 0 bridgehead atoms. The number of nitrogens with zero attached hydrogens (tertiary/aromatic N) is 1. The SMILES string of the molecule is C[C@@]1(C(=O)O)CCCN1C(=O)C1COCC1NC(=O)OCC1c2ccccc2-c2ccccc21. The van der Waals surface area contributed by atoms with Crippen LogP contribution < -0.4 is 5.32 Å². The van der Waals surface area contributed by atoms with Gasteiger partial charge in [0.15, 0.2) is 0 Å². The molecule has 2 heterocycles. The number of alkyl carbamates (subject to hydrolysis) is 1. The van der Waals surface area contributed by atoms with Gasteiger partial charge in [0.1, 0.15) is 12.1 Å². The Labute approximate surface area is 197 Å². The Morgan fingerprint density at radius 3 is 2.38 bits per heavy atom. The van der Waals surface area contributed by atoms with E-state index in [1.54, 1.807) is 6.92 Å². The van der Waals surface area contributed by atoms with Gasteiger partial charge in [-0.05, 0) is 42.0 Å². The number of nitrogens with one attached hydrogen (secondary N) is 1. The van der Waals surface area contributed by atoms with Gasteiger partial charge in [0.2, 0.25) is 5.91 Å². The monoisotopic (exact) mass is 464 g/mol. The lowest BCUT2D eigenvalue weighted by Gasteiger charge is -2.34. The second-order valence-electron chi connectivity index (χ2n) is 9.39. The van der Waals surface area contributed by atoms with E-state index >= 15 is 0 Å². The van der Waals surface area contributed by atoms with Crippen LogP contribution in [0.5, 0.6) is 0 Å². The highest BCUT2D eigenvalue weighted by molar-refractivity contribution is 5.89. The Hall–Kier alpha value is -3.39. The number of likely N-dealkylation sites (tertiary alicyclic amines) is 1. The van der Waals surface area contributed by atoms with Crippen molar-refractivity contribution < 1.29 is 29.0 Å². The molecule has 2 aliphatic heterocycles. The number of carboxylic acid groups (broad SMARTS) is 1. The van der Waals surface area contributed by atoms with Crippen LogP contribution in [-0.4, -0.2) is 65.9 Å². The summed E-state index contributed by atoms with van der Waals surface area (Å²) in [5.41, 5.74) is 3.31. The lowest BCUT2D eigenvalue weighted by molar-refractivity contribution is -0.157. The van der Waals surface area contributed by atoms with Crippen molar-refractivity contribution in [3.05, 3.63) is 59.7 Å². The predicted octanol–water partition coefficient (Wildman–Crippen LogP) is 3.01. The summed E-state index contributed by atoms with van der Waals surface area (Å²) in [5.74, 6) is -2.02. The fraction of sp³-hybridized carbons (Fsp3) is 0.423. The minimum Gasteiger partial charge on any atom is -0.480 e. The molecule has 178 valence electrons. The van der Waals surface area contributed by atoms with Crippen molar-refractivity contribution in [3.8, 4) is 11.1 Å². The van der Waals surface area contributed by atoms with E-state index in [1.165, 1.54) is 4.90 Å². The molecule has 0 aromatic heterocycles. The minimum absolute atomic E-state index is 0.0590. The third kappa shape index (κ3) is 3.72. The number of aliphatic carboxylic acids is 1. The third-order valence-electron chi connectivity index (χ3n) is 7.41. The molecule has 2 N–H and O–H groups in total. The zero-order valence-corrected chi connectivity index (χ0v) is 19.0. The van der Waals surface area contributed by atoms with Gasteiger partial charge in [-0.25, -0.2) is 9.59 Å². The molecule has 8 heteroatoms. The highest BCUT2D eigenvalue weighted by atomic mass is 16.5. The molecule has 34 heavy (non-hydrogen) atoms. The predicted molar refractivity (Wildman–Crippen MR) is 123 cm³/mol. The maximum atomic E-state index is 13.2. The zero-order chi connectivity index (χ0) is 23.9. The van der Waals surface area contributed by atoms with Gasteiger partial charge in [0.25, 0.3) is 0 Å². The van der Waals surface area contributed by atoms with E-state index in [4.69, 9.17) is 9.47 Å². The van der Waals surface area contributed by atoms with Crippen LogP contribution in [0.3, 0.4) is 0 Å². The summed E-state index contributed by atoms with van der Waals surface area (Å²) in [7, 11) is 0. The molecule has 3 atom stereocenters. The molecule has 3 aliphatic rings. The molecular weight excluding hydrogens is 436 g/mol. The lowest BCUT2D eigenvalue weighted by atomic mass is 9.95. The van der Waals surface area contributed by atoms with Crippen molar-refractivity contribution in [1.82, 2.24) is 10.2 Å². The molecule has 0 radical (unpaired) electrons. The van der Waals surface area contributed by atoms with E-state index in [0.29, 0.717) is 19.4 Å². The first kappa shape index (κ1) is 22.4. The summed E-state index contributed by atoms with van der Waals surface area (Å²) in [6, 6.07) is 15.6. The van der Waals surface area contributed by atoms with Gasteiger partial charge in [0.05, 0.1) is 25.2 Å². The average molecular weight is 465 g/mol. The smallest absolute Gasteiger partial charge is 0.407 e. The highest BCUT2D eigenvalue weighted by Crippen LogP contribution is 2.44. The highest BCUT2D eigenvalue weighted by Gasteiger charge is 2.49. The van der Waals surface area contributed by atoms with Crippen LogP contribution >= 0.6 is 0 Å². The van der Waals surface area contributed by atoms with Gasteiger partial charge in [-0.2, -0.15) is 0 Å². The van der Waals surface area contributed by atoms with Crippen LogP contribution in [-0.2, 0) is 19.1 Å². The number of benzene rings is 2. The summed E-state index contributed by atoms with van der Waals surface area (Å²) in [6.07, 6.45) is 0.427. The summed E-state index contributed by atoms with van der Waals surface area (Å²) < 4.78 is 11.1. The zero-order valence-electron chi connectivity index (χ0n) is 19.0. The first-order valence-electron chi connectivity index (χ1n) is 11.6. The van der Waals surface area contributed by atoms with Crippen molar-refractivity contribution in [2.75, 3.05) is 26.4 Å². The Kier molecular flexibility index (Phi) is 5.77. The molecule has 1 aliphatic carbocycles. The molecule has 0 saturated carbocycles. The molecule has 2 aromatic rings. The van der Waals surface area contributed by atoms with Crippen LogP contribution in [0.25, 0.3) is 11.1 Å². The molecule has 2 unspecified atom stereocenters. The third-order valence-corrected chi connectivity index (χ3v) is 7.41. The number of amides is 2. The minimum atomic E-state index is -1.23. The average Bonchev–Trinajstić information content (AvgIpc) is 3.54. The fourth-order valence-electron chi connectivity index (χ4n) is 5.47. The molecule has 8 nitrogen and oxygen atoms in total. The second kappa shape index (κ2) is 8.76. The number of carbonyl (C=O) groups is 3. The van der Waals surface area contributed by atoms with Crippen molar-refractivity contribution in [2.45, 2.75) is 37.3 Å². The van der Waals surface area contributed by atoms with Gasteiger partial charge in [0, 0.05) is 12.5 Å². The molecule has 2 aromatic carbocycles. The number of hydrogen-bond acceptors (Lipinski definition) is 5. The molecule has 5 rings (SSSR count). The summed E-state index contributed by atoms with van der Waals surface area (Å²) in [4.78, 5) is 39.1. The number of carbonyl (C=O) groups excluding carboxylic acids is 2. The second-order valence-corrected chi connectivity index (χ2v) is 9.39. The molecule has 2 amide bonds. The van der Waals surface area contributed by atoms with Gasteiger partial charge in [-0.15, -0.1) is 0 Å². The first-order chi connectivity index (χ1) is 16.4. The van der Waals surface area contributed by atoms with Gasteiger partial charge in [-0.3, -0.25) is 4.79 Å². The van der Waals surface area contributed by atoms with Gasteiger partial charge in [-0.1, -0.05) is 48.5 Å². The fourth-order valence-corrected chi connectivity index (χ4v) is 5.47. The normalized spacial score (nSPS) is 25.6. The van der Waals surface area contributed by atoms with E-state index in [-0.39, 0.29) is 31.6 Å². The Bertz CT molecular complexity index is 1090. The van der Waals surface area contributed by atoms with E-state index in [1.807, 2.05) is 24.3 Å². The molecular formula is C26H28N2O6. The van der Waals surface area contributed by atoms with Crippen LogP contribution in [0.1, 0.15) is 36.8 Å². The number of rotatable bonds is 5.